The predicted octanol–water partition coefficient (Wildman–Crippen LogP) is 4.56. The lowest BCUT2D eigenvalue weighted by Gasteiger charge is -2.34. The average molecular weight is 594 g/mol. The number of hydrogen-bond acceptors (Lipinski definition) is 6. The van der Waals surface area contributed by atoms with E-state index in [1.807, 2.05) is 12.3 Å². The number of likely N-dealkylation sites (tertiary alicyclic amines) is 1. The fourth-order valence-corrected chi connectivity index (χ4v) is 5.37. The van der Waals surface area contributed by atoms with E-state index in [-0.39, 0.29) is 42.1 Å². The van der Waals surface area contributed by atoms with Crippen LogP contribution in [0.4, 0.5) is 10.2 Å². The molecular weight excluding hydrogens is 561 g/mol. The summed E-state index contributed by atoms with van der Waals surface area (Å²) in [6.45, 7) is 1.78. The number of amides is 2. The number of nitrogens with one attached hydrogen (secondary N) is 2. The van der Waals surface area contributed by atoms with E-state index in [4.69, 9.17) is 21.3 Å². The topological polar surface area (TPSA) is 106 Å². The van der Waals surface area contributed by atoms with Crippen LogP contribution in [0.1, 0.15) is 69.6 Å². The molecule has 42 heavy (non-hydrogen) atoms. The van der Waals surface area contributed by atoms with Crippen molar-refractivity contribution in [3.05, 3.63) is 80.4 Å². The Bertz CT molecular complexity index is 1580. The summed E-state index contributed by atoms with van der Waals surface area (Å²) in [5.74, 6) is -0.292. The van der Waals surface area contributed by atoms with Gasteiger partial charge in [-0.3, -0.25) is 14.4 Å². The summed E-state index contributed by atoms with van der Waals surface area (Å²) in [5, 5.41) is 6.52. The Morgan fingerprint density at radius 2 is 1.88 bits per heavy atom. The highest BCUT2D eigenvalue weighted by Crippen LogP contribution is 2.41. The molecule has 2 amide bonds. The van der Waals surface area contributed by atoms with Crippen molar-refractivity contribution in [2.24, 2.45) is 0 Å². The van der Waals surface area contributed by atoms with Crippen molar-refractivity contribution in [3.8, 4) is 11.1 Å². The molecule has 0 atom stereocenters. The third-order valence-corrected chi connectivity index (χ3v) is 8.06. The maximum atomic E-state index is 13.6. The van der Waals surface area contributed by atoms with Gasteiger partial charge in [-0.25, -0.2) is 9.37 Å². The van der Waals surface area contributed by atoms with Gasteiger partial charge in [-0.1, -0.05) is 17.7 Å². The van der Waals surface area contributed by atoms with Crippen LogP contribution in [-0.2, 0) is 11.3 Å². The first-order valence-electron chi connectivity index (χ1n) is 14.3. The number of carbonyl (C=O) groups excluding carboxylic acids is 2. The molecule has 0 radical (unpaired) electrons. The largest absolute Gasteiger partial charge is 0.383 e. The van der Waals surface area contributed by atoms with Gasteiger partial charge in [0.25, 0.3) is 17.4 Å². The maximum absolute atomic E-state index is 13.6. The van der Waals surface area contributed by atoms with Crippen molar-refractivity contribution in [3.63, 3.8) is 0 Å². The van der Waals surface area contributed by atoms with Gasteiger partial charge in [0, 0.05) is 54.6 Å². The number of carbonyl (C=O) groups is 2. The summed E-state index contributed by atoms with van der Waals surface area (Å²) < 4.78 is 20.3. The van der Waals surface area contributed by atoms with Gasteiger partial charge in [0.2, 0.25) is 0 Å². The summed E-state index contributed by atoms with van der Waals surface area (Å²) in [5.41, 5.74) is 3.01. The zero-order valence-corrected chi connectivity index (χ0v) is 24.1. The fourth-order valence-electron chi connectivity index (χ4n) is 5.20. The first-order chi connectivity index (χ1) is 20.3. The SMILES string of the molecule is COCCNCc1cc(C(=O)Nc2cc(-c3ccc(Cl)cc3C(=O)N3CC(F)C3)cc(C3CC3)n2)c(=O)n(C2CC2)c1. The molecule has 3 fully saturated rings. The van der Waals surface area contributed by atoms with Crippen LogP contribution < -0.4 is 16.2 Å². The fraction of sp³-hybridized carbons (Fsp3) is 0.419. The van der Waals surface area contributed by atoms with Gasteiger partial charge in [-0.15, -0.1) is 0 Å². The van der Waals surface area contributed by atoms with Crippen molar-refractivity contribution in [2.45, 2.75) is 50.4 Å². The van der Waals surface area contributed by atoms with Crippen LogP contribution in [0.25, 0.3) is 11.1 Å². The molecule has 2 N–H and O–H groups in total. The summed E-state index contributed by atoms with van der Waals surface area (Å²) >= 11 is 6.26. The normalized spacial score (nSPS) is 16.8. The number of anilines is 1. The van der Waals surface area contributed by atoms with E-state index >= 15 is 0 Å². The number of ether oxygens (including phenoxy) is 1. The molecule has 220 valence electrons. The number of halogens is 2. The lowest BCUT2D eigenvalue weighted by Crippen LogP contribution is -2.51. The van der Waals surface area contributed by atoms with Crippen molar-refractivity contribution in [1.82, 2.24) is 19.8 Å². The number of nitrogens with zero attached hydrogens (tertiary/aromatic N) is 3. The molecule has 2 aliphatic carbocycles. The van der Waals surface area contributed by atoms with Crippen LogP contribution in [0.3, 0.4) is 0 Å². The summed E-state index contributed by atoms with van der Waals surface area (Å²) in [6, 6.07) is 10.4. The monoisotopic (exact) mass is 593 g/mol. The van der Waals surface area contributed by atoms with Gasteiger partial charge >= 0.3 is 0 Å². The number of hydrogen-bond donors (Lipinski definition) is 2. The van der Waals surface area contributed by atoms with E-state index in [0.29, 0.717) is 47.2 Å². The third kappa shape index (κ3) is 6.25. The van der Waals surface area contributed by atoms with Gasteiger partial charge in [-0.05, 0) is 72.7 Å². The molecule has 11 heteroatoms. The van der Waals surface area contributed by atoms with E-state index in [1.165, 1.54) is 4.90 Å². The average Bonchev–Trinajstić information content (AvgIpc) is 3.87. The van der Waals surface area contributed by atoms with Gasteiger partial charge < -0.3 is 24.8 Å². The summed E-state index contributed by atoms with van der Waals surface area (Å²) in [4.78, 5) is 46.3. The van der Waals surface area contributed by atoms with Gasteiger partial charge in [0.05, 0.1) is 19.7 Å². The van der Waals surface area contributed by atoms with E-state index in [0.717, 1.165) is 36.9 Å². The minimum atomic E-state index is -1.02. The zero-order valence-electron chi connectivity index (χ0n) is 23.4. The second-order valence-corrected chi connectivity index (χ2v) is 11.7. The number of rotatable bonds is 11. The molecule has 3 heterocycles. The number of benzene rings is 1. The Balaban J connectivity index is 1.32. The molecule has 1 aliphatic heterocycles. The van der Waals surface area contributed by atoms with E-state index in [9.17, 15) is 18.8 Å². The molecule has 1 saturated heterocycles. The van der Waals surface area contributed by atoms with Crippen molar-refractivity contribution < 1.29 is 18.7 Å². The van der Waals surface area contributed by atoms with Gasteiger partial charge in [0.1, 0.15) is 17.6 Å². The van der Waals surface area contributed by atoms with Crippen molar-refractivity contribution in [2.75, 3.05) is 38.7 Å². The molecule has 0 unspecified atom stereocenters. The Kier molecular flexibility index (Phi) is 8.11. The first kappa shape index (κ1) is 28.5. The van der Waals surface area contributed by atoms with Crippen molar-refractivity contribution in [1.29, 1.82) is 0 Å². The van der Waals surface area contributed by atoms with Crippen LogP contribution in [0.5, 0.6) is 0 Å². The smallest absolute Gasteiger partial charge is 0.263 e. The molecule has 2 saturated carbocycles. The van der Waals surface area contributed by atoms with E-state index < -0.39 is 12.1 Å². The molecule has 2 aromatic heterocycles. The van der Waals surface area contributed by atoms with Gasteiger partial charge in [0.15, 0.2) is 0 Å². The highest BCUT2D eigenvalue weighted by atomic mass is 35.5. The Morgan fingerprint density at radius 3 is 2.57 bits per heavy atom. The highest BCUT2D eigenvalue weighted by molar-refractivity contribution is 6.31. The second-order valence-electron chi connectivity index (χ2n) is 11.3. The zero-order chi connectivity index (χ0) is 29.4. The standard InChI is InChI=1S/C31H33ClFN5O4/c1-42-9-8-34-14-18-10-26(31(41)38(15-18)23-5-6-23)29(39)36-28-12-20(11-27(35-28)19-2-3-19)24-7-4-21(32)13-25(24)30(40)37-16-22(33)17-37/h4,7,10-13,15,19,22-23,34H,2-3,5-6,8-9,14,16-17H2,1H3,(H,35,36,39). The van der Waals surface area contributed by atoms with Crippen LogP contribution >= 0.6 is 11.6 Å². The quantitative estimate of drug-likeness (QED) is 0.316. The van der Waals surface area contributed by atoms with Crippen LogP contribution in [0, 0.1) is 0 Å². The number of methoxy groups -OCH3 is 1. The maximum Gasteiger partial charge on any atom is 0.263 e. The molecule has 6 rings (SSSR count). The van der Waals surface area contributed by atoms with Gasteiger partial charge in [-0.2, -0.15) is 0 Å². The third-order valence-electron chi connectivity index (χ3n) is 7.83. The number of aromatic nitrogens is 2. The second kappa shape index (κ2) is 11.9. The first-order valence-corrected chi connectivity index (χ1v) is 14.7. The molecule has 0 bridgehead atoms. The molecule has 3 aliphatic rings. The Hall–Kier alpha value is -3.60. The number of pyridine rings is 2. The predicted molar refractivity (Wildman–Crippen MR) is 158 cm³/mol. The lowest BCUT2D eigenvalue weighted by molar-refractivity contribution is 0.0401. The lowest BCUT2D eigenvalue weighted by atomic mass is 9.97. The number of alkyl halides is 1. The van der Waals surface area contributed by atoms with Crippen molar-refractivity contribution >= 4 is 29.2 Å². The van der Waals surface area contributed by atoms with Crippen LogP contribution in [0.15, 0.2) is 47.4 Å². The molecular formula is C31H33ClFN5O4. The van der Waals surface area contributed by atoms with Crippen LogP contribution in [-0.4, -0.2) is 65.8 Å². The minimum Gasteiger partial charge on any atom is -0.383 e. The van der Waals surface area contributed by atoms with E-state index in [2.05, 4.69) is 10.6 Å². The van der Waals surface area contributed by atoms with Crippen LogP contribution in [0.2, 0.25) is 5.02 Å². The summed E-state index contributed by atoms with van der Waals surface area (Å²) in [6.07, 6.45) is 4.56. The Labute approximate surface area is 248 Å². The Morgan fingerprint density at radius 1 is 1.10 bits per heavy atom. The molecule has 9 nitrogen and oxygen atoms in total. The minimum absolute atomic E-state index is 0.0500. The van der Waals surface area contributed by atoms with E-state index in [1.54, 1.807) is 42.0 Å². The highest BCUT2D eigenvalue weighted by Gasteiger charge is 2.33. The summed E-state index contributed by atoms with van der Waals surface area (Å²) in [7, 11) is 1.63. The molecule has 0 spiro atoms. The molecule has 1 aromatic carbocycles. The molecule has 3 aromatic rings.